The van der Waals surface area contributed by atoms with E-state index in [9.17, 15) is 0 Å². The predicted octanol–water partition coefficient (Wildman–Crippen LogP) is 1.97. The molecule has 1 aliphatic carbocycles. The van der Waals surface area contributed by atoms with Crippen LogP contribution in [-0.2, 0) is 0 Å². The maximum Gasteiger partial charge on any atom is 0.218 e. The average Bonchev–Trinajstić information content (AvgIpc) is 2.46. The van der Waals surface area contributed by atoms with Gasteiger partial charge in [0.05, 0.1) is 6.61 Å². The average molecular weight is 264 g/mol. The largest absolute Gasteiger partial charge is 0.478 e. The quantitative estimate of drug-likeness (QED) is 0.851. The number of nitrogens with zero attached hydrogens (tertiary/aromatic N) is 3. The van der Waals surface area contributed by atoms with Crippen LogP contribution in [0.25, 0.3) is 0 Å². The van der Waals surface area contributed by atoms with Crippen molar-refractivity contribution in [1.82, 2.24) is 9.97 Å². The minimum atomic E-state index is 0.557. The molecule has 1 aromatic rings. The number of hydrogen-bond donors (Lipinski definition) is 1. The lowest BCUT2D eigenvalue weighted by Crippen LogP contribution is -2.40. The Morgan fingerprint density at radius 1 is 1.32 bits per heavy atom. The SMILES string of the molecule is CCOc1cc(N(CCN)C2CCCCC2)ncn1. The molecule has 2 N–H and O–H groups in total. The van der Waals surface area contributed by atoms with E-state index in [1.807, 2.05) is 13.0 Å². The number of ether oxygens (including phenoxy) is 1. The third-order valence-electron chi connectivity index (χ3n) is 3.60. The molecule has 5 nitrogen and oxygen atoms in total. The van der Waals surface area contributed by atoms with E-state index in [4.69, 9.17) is 10.5 Å². The smallest absolute Gasteiger partial charge is 0.218 e. The van der Waals surface area contributed by atoms with Crippen molar-refractivity contribution in [2.24, 2.45) is 5.73 Å². The van der Waals surface area contributed by atoms with Gasteiger partial charge in [-0.25, -0.2) is 9.97 Å². The number of rotatable bonds is 6. The highest BCUT2D eigenvalue weighted by Gasteiger charge is 2.22. The number of hydrogen-bond acceptors (Lipinski definition) is 5. The second-order valence-corrected chi connectivity index (χ2v) is 4.92. The van der Waals surface area contributed by atoms with Crippen LogP contribution in [0.2, 0.25) is 0 Å². The summed E-state index contributed by atoms with van der Waals surface area (Å²) in [7, 11) is 0. The molecule has 0 spiro atoms. The van der Waals surface area contributed by atoms with Crippen LogP contribution >= 0.6 is 0 Å². The molecule has 0 saturated heterocycles. The highest BCUT2D eigenvalue weighted by Crippen LogP contribution is 2.26. The van der Waals surface area contributed by atoms with Gasteiger partial charge in [-0.1, -0.05) is 19.3 Å². The van der Waals surface area contributed by atoms with Crippen molar-refractivity contribution in [3.05, 3.63) is 12.4 Å². The normalized spacial score (nSPS) is 16.3. The maximum absolute atomic E-state index is 5.75. The number of aromatic nitrogens is 2. The van der Waals surface area contributed by atoms with Crippen LogP contribution in [0.1, 0.15) is 39.0 Å². The molecule has 2 rings (SSSR count). The predicted molar refractivity (Wildman–Crippen MR) is 76.5 cm³/mol. The minimum Gasteiger partial charge on any atom is -0.478 e. The fourth-order valence-electron chi connectivity index (χ4n) is 2.73. The van der Waals surface area contributed by atoms with Crippen molar-refractivity contribution < 1.29 is 4.74 Å². The van der Waals surface area contributed by atoms with E-state index < -0.39 is 0 Å². The van der Waals surface area contributed by atoms with E-state index in [1.54, 1.807) is 6.33 Å². The van der Waals surface area contributed by atoms with Gasteiger partial charge in [0.2, 0.25) is 5.88 Å². The van der Waals surface area contributed by atoms with E-state index >= 15 is 0 Å². The van der Waals surface area contributed by atoms with Gasteiger partial charge < -0.3 is 15.4 Å². The first-order valence-electron chi connectivity index (χ1n) is 7.26. The Morgan fingerprint density at radius 2 is 2.11 bits per heavy atom. The van der Waals surface area contributed by atoms with Crippen LogP contribution < -0.4 is 15.4 Å². The summed E-state index contributed by atoms with van der Waals surface area (Å²) >= 11 is 0. The minimum absolute atomic E-state index is 0.557. The molecule has 19 heavy (non-hydrogen) atoms. The van der Waals surface area contributed by atoms with E-state index in [2.05, 4.69) is 14.9 Å². The molecule has 0 bridgehead atoms. The molecular weight excluding hydrogens is 240 g/mol. The summed E-state index contributed by atoms with van der Waals surface area (Å²) in [6.45, 7) is 4.06. The fraction of sp³-hybridized carbons (Fsp3) is 0.714. The second-order valence-electron chi connectivity index (χ2n) is 4.92. The molecule has 0 aromatic carbocycles. The molecule has 1 heterocycles. The molecule has 5 heteroatoms. The second kappa shape index (κ2) is 7.28. The lowest BCUT2D eigenvalue weighted by molar-refractivity contribution is 0.325. The lowest BCUT2D eigenvalue weighted by atomic mass is 9.94. The number of nitrogens with two attached hydrogens (primary N) is 1. The maximum atomic E-state index is 5.75. The van der Waals surface area contributed by atoms with Crippen LogP contribution in [0, 0.1) is 0 Å². The first-order chi connectivity index (χ1) is 9.35. The highest BCUT2D eigenvalue weighted by atomic mass is 16.5. The topological polar surface area (TPSA) is 64.3 Å². The van der Waals surface area contributed by atoms with Gasteiger partial charge in [0.1, 0.15) is 12.1 Å². The van der Waals surface area contributed by atoms with Crippen molar-refractivity contribution >= 4 is 5.82 Å². The van der Waals surface area contributed by atoms with Crippen LogP contribution in [-0.4, -0.2) is 35.7 Å². The van der Waals surface area contributed by atoms with Crippen LogP contribution in [0.4, 0.5) is 5.82 Å². The summed E-state index contributed by atoms with van der Waals surface area (Å²) in [5.41, 5.74) is 5.75. The van der Waals surface area contributed by atoms with Crippen molar-refractivity contribution in [2.45, 2.75) is 45.1 Å². The summed E-state index contributed by atoms with van der Waals surface area (Å²) in [5.74, 6) is 1.58. The Kier molecular flexibility index (Phi) is 5.39. The van der Waals surface area contributed by atoms with Crippen LogP contribution in [0.15, 0.2) is 12.4 Å². The zero-order chi connectivity index (χ0) is 13.5. The monoisotopic (exact) mass is 264 g/mol. The first-order valence-corrected chi connectivity index (χ1v) is 7.26. The summed E-state index contributed by atoms with van der Waals surface area (Å²) in [6, 6.07) is 2.48. The third kappa shape index (κ3) is 3.80. The van der Waals surface area contributed by atoms with Gasteiger partial charge in [-0.05, 0) is 19.8 Å². The molecule has 1 aromatic heterocycles. The van der Waals surface area contributed by atoms with Gasteiger partial charge in [-0.15, -0.1) is 0 Å². The fourth-order valence-corrected chi connectivity index (χ4v) is 2.73. The zero-order valence-corrected chi connectivity index (χ0v) is 11.7. The Bertz CT molecular complexity index is 379. The molecule has 1 saturated carbocycles. The van der Waals surface area contributed by atoms with Gasteiger partial charge in [-0.2, -0.15) is 0 Å². The van der Waals surface area contributed by atoms with E-state index in [0.29, 0.717) is 25.1 Å². The van der Waals surface area contributed by atoms with E-state index in [-0.39, 0.29) is 0 Å². The van der Waals surface area contributed by atoms with E-state index in [1.165, 1.54) is 32.1 Å². The molecule has 0 unspecified atom stereocenters. The summed E-state index contributed by atoms with van der Waals surface area (Å²) < 4.78 is 5.45. The summed E-state index contributed by atoms with van der Waals surface area (Å²) in [5, 5.41) is 0. The van der Waals surface area contributed by atoms with Gasteiger partial charge in [0, 0.05) is 25.2 Å². The van der Waals surface area contributed by atoms with Gasteiger partial charge in [0.25, 0.3) is 0 Å². The Labute approximate surface area is 115 Å². The molecular formula is C14H24N4O. The van der Waals surface area contributed by atoms with Gasteiger partial charge >= 0.3 is 0 Å². The molecule has 0 radical (unpaired) electrons. The highest BCUT2D eigenvalue weighted by molar-refractivity contribution is 5.42. The molecule has 1 fully saturated rings. The van der Waals surface area contributed by atoms with E-state index in [0.717, 1.165) is 12.4 Å². The van der Waals surface area contributed by atoms with Crippen molar-refractivity contribution in [3.8, 4) is 5.88 Å². The zero-order valence-electron chi connectivity index (χ0n) is 11.7. The van der Waals surface area contributed by atoms with Crippen molar-refractivity contribution in [1.29, 1.82) is 0 Å². The lowest BCUT2D eigenvalue weighted by Gasteiger charge is -2.35. The Hall–Kier alpha value is -1.36. The summed E-state index contributed by atoms with van der Waals surface area (Å²) in [4.78, 5) is 10.8. The molecule has 0 atom stereocenters. The number of anilines is 1. The first kappa shape index (κ1) is 14.1. The Balaban J connectivity index is 2.14. The molecule has 1 aliphatic rings. The molecule has 106 valence electrons. The molecule has 0 amide bonds. The van der Waals surface area contributed by atoms with Crippen LogP contribution in [0.3, 0.4) is 0 Å². The van der Waals surface area contributed by atoms with Gasteiger partial charge in [0.15, 0.2) is 0 Å². The molecule has 0 aliphatic heterocycles. The van der Waals surface area contributed by atoms with Gasteiger partial charge in [-0.3, -0.25) is 0 Å². The standard InChI is InChI=1S/C14H24N4O/c1-2-19-14-10-13(16-11-17-14)18(9-8-15)12-6-4-3-5-7-12/h10-12H,2-9,15H2,1H3. The third-order valence-corrected chi connectivity index (χ3v) is 3.60. The van der Waals surface area contributed by atoms with Crippen molar-refractivity contribution in [2.75, 3.05) is 24.6 Å². The van der Waals surface area contributed by atoms with Crippen LogP contribution in [0.5, 0.6) is 5.88 Å². The Morgan fingerprint density at radius 3 is 2.79 bits per heavy atom. The van der Waals surface area contributed by atoms with Crippen molar-refractivity contribution in [3.63, 3.8) is 0 Å². The summed E-state index contributed by atoms with van der Waals surface area (Å²) in [6.07, 6.45) is 7.99.